The molecular weight excluding hydrogens is 500 g/mol. The van der Waals surface area contributed by atoms with Gasteiger partial charge in [0.2, 0.25) is 5.91 Å². The molecule has 1 aliphatic carbocycles. The zero-order valence-electron chi connectivity index (χ0n) is 20.6. The van der Waals surface area contributed by atoms with Gasteiger partial charge in [0.05, 0.1) is 23.6 Å². The maximum Gasteiger partial charge on any atom is 0.239 e. The molecule has 1 amide bonds. The number of nitrogens with zero attached hydrogens (tertiary/aromatic N) is 3. The summed E-state index contributed by atoms with van der Waals surface area (Å²) in [4.78, 5) is 22.4. The fraction of sp³-hybridized carbons (Fsp3) is 0.241. The number of aryl methyl sites for hydroxylation is 1. The summed E-state index contributed by atoms with van der Waals surface area (Å²) in [6.07, 6.45) is 2.76. The second-order valence-corrected chi connectivity index (χ2v) is 11.1. The number of anilines is 1. The molecule has 5 rings (SSSR count). The molecule has 0 aliphatic heterocycles. The normalized spacial score (nSPS) is 15.3. The molecule has 2 heterocycles. The van der Waals surface area contributed by atoms with E-state index in [9.17, 15) is 10.1 Å². The van der Waals surface area contributed by atoms with Gasteiger partial charge in [0, 0.05) is 16.6 Å². The van der Waals surface area contributed by atoms with Crippen LogP contribution in [0, 0.1) is 11.3 Å². The first kappa shape index (κ1) is 25.0. The molecule has 0 radical (unpaired) electrons. The second kappa shape index (κ2) is 11.2. The number of nitrogens with one attached hydrogen (secondary N) is 1. The molecule has 0 bridgehead atoms. The molecule has 0 saturated carbocycles. The van der Waals surface area contributed by atoms with E-state index in [0.29, 0.717) is 21.6 Å². The molecule has 6 nitrogen and oxygen atoms in total. The maximum absolute atomic E-state index is 13.0. The lowest BCUT2D eigenvalue weighted by Crippen LogP contribution is -2.23. The topological polar surface area (TPSA) is 87.9 Å². The van der Waals surface area contributed by atoms with E-state index in [0.717, 1.165) is 47.5 Å². The highest BCUT2D eigenvalue weighted by atomic mass is 32.2. The van der Waals surface area contributed by atoms with Crippen LogP contribution in [0.15, 0.2) is 71.1 Å². The van der Waals surface area contributed by atoms with Crippen LogP contribution in [0.4, 0.5) is 5.13 Å². The average Bonchev–Trinajstić information content (AvgIpc) is 3.41. The second-order valence-electron chi connectivity index (χ2n) is 8.93. The van der Waals surface area contributed by atoms with Gasteiger partial charge in [-0.3, -0.25) is 4.79 Å². The third-order valence-electron chi connectivity index (χ3n) is 6.50. The summed E-state index contributed by atoms with van der Waals surface area (Å²) in [5, 5.41) is 15.3. The zero-order valence-corrected chi connectivity index (χ0v) is 22.2. The molecule has 1 aliphatic rings. The van der Waals surface area contributed by atoms with Crippen LogP contribution < -0.4 is 10.1 Å². The monoisotopic (exact) mass is 526 g/mol. The zero-order chi connectivity index (χ0) is 25.8. The van der Waals surface area contributed by atoms with Crippen LogP contribution in [-0.2, 0) is 17.6 Å². The highest BCUT2D eigenvalue weighted by Crippen LogP contribution is 2.35. The number of rotatable bonds is 7. The highest BCUT2D eigenvalue weighted by Gasteiger charge is 2.25. The summed E-state index contributed by atoms with van der Waals surface area (Å²) in [7, 11) is 1.63. The number of methoxy groups -OCH3 is 1. The van der Waals surface area contributed by atoms with Crippen molar-refractivity contribution in [3.63, 3.8) is 0 Å². The number of hydrogen-bond acceptors (Lipinski definition) is 7. The van der Waals surface area contributed by atoms with E-state index in [2.05, 4.69) is 40.6 Å². The third kappa shape index (κ3) is 5.68. The Bertz CT molecular complexity index is 1460. The Labute approximate surface area is 224 Å². The number of thiazole rings is 1. The van der Waals surface area contributed by atoms with Gasteiger partial charge in [-0.05, 0) is 61.4 Å². The molecule has 0 fully saturated rings. The summed E-state index contributed by atoms with van der Waals surface area (Å²) in [6, 6.07) is 22.4. The number of fused-ring (bicyclic) bond motifs is 1. The van der Waals surface area contributed by atoms with Gasteiger partial charge in [0.15, 0.2) is 5.13 Å². The number of nitriles is 1. The summed E-state index contributed by atoms with van der Waals surface area (Å²) in [5.74, 6) is 1.01. The Balaban J connectivity index is 1.26. The molecule has 37 heavy (non-hydrogen) atoms. The molecule has 2 atom stereocenters. The maximum atomic E-state index is 13.0. The minimum atomic E-state index is -0.442. The first-order valence-corrected chi connectivity index (χ1v) is 13.8. The van der Waals surface area contributed by atoms with Crippen LogP contribution in [0.3, 0.4) is 0 Å². The van der Waals surface area contributed by atoms with Crippen molar-refractivity contribution in [2.45, 2.75) is 42.4 Å². The Hall–Kier alpha value is -3.67. The predicted octanol–water partition coefficient (Wildman–Crippen LogP) is 6.48. The van der Waals surface area contributed by atoms with Crippen molar-refractivity contribution in [3.8, 4) is 23.1 Å². The van der Waals surface area contributed by atoms with Gasteiger partial charge in [-0.15, -0.1) is 11.3 Å². The molecule has 8 heteroatoms. The van der Waals surface area contributed by atoms with Crippen LogP contribution in [0.5, 0.6) is 5.75 Å². The van der Waals surface area contributed by atoms with Gasteiger partial charge in [-0.2, -0.15) is 5.26 Å². The van der Waals surface area contributed by atoms with Gasteiger partial charge in [-0.25, -0.2) is 9.97 Å². The van der Waals surface area contributed by atoms with E-state index in [1.807, 2.05) is 48.7 Å². The van der Waals surface area contributed by atoms with E-state index in [4.69, 9.17) is 9.72 Å². The number of amides is 1. The van der Waals surface area contributed by atoms with Crippen LogP contribution in [0.1, 0.15) is 41.6 Å². The van der Waals surface area contributed by atoms with Gasteiger partial charge >= 0.3 is 0 Å². The number of ether oxygens (including phenoxy) is 1. The lowest BCUT2D eigenvalue weighted by molar-refractivity contribution is -0.115. The van der Waals surface area contributed by atoms with Crippen molar-refractivity contribution in [1.29, 1.82) is 5.26 Å². The van der Waals surface area contributed by atoms with Crippen LogP contribution in [-0.4, -0.2) is 28.2 Å². The van der Waals surface area contributed by atoms with Crippen molar-refractivity contribution in [2.75, 3.05) is 12.4 Å². The molecule has 2 aromatic carbocycles. The van der Waals surface area contributed by atoms with Crippen LogP contribution in [0.25, 0.3) is 11.3 Å². The molecule has 2 aromatic heterocycles. The Morgan fingerprint density at radius 2 is 2.03 bits per heavy atom. The van der Waals surface area contributed by atoms with Crippen molar-refractivity contribution in [2.24, 2.45) is 0 Å². The van der Waals surface area contributed by atoms with Crippen LogP contribution in [0.2, 0.25) is 0 Å². The fourth-order valence-corrected chi connectivity index (χ4v) is 6.12. The standard InChI is InChI=1S/C29H26N4O2S2/c1-18(27(34)33-29-32-26(17-36-29)21-9-6-10-24(15-21)35-2)37-28-23(16-30)14-22-13-20(11-12-25(22)31-28)19-7-4-3-5-8-19/h3-10,14-15,17-18,20H,11-13H2,1-2H3,(H,32,33,34). The lowest BCUT2D eigenvalue weighted by atomic mass is 9.82. The van der Waals surface area contributed by atoms with E-state index in [-0.39, 0.29) is 5.91 Å². The number of thioether (sulfide) groups is 1. The molecule has 4 aromatic rings. The minimum Gasteiger partial charge on any atom is -0.497 e. The SMILES string of the molecule is COc1cccc(-c2csc(NC(=O)C(C)Sc3nc4c(cc3C#N)CC(c3ccccc3)CC4)n2)c1. The summed E-state index contributed by atoms with van der Waals surface area (Å²) >= 11 is 2.69. The quantitative estimate of drug-likeness (QED) is 0.277. The number of carbonyl (C=O) groups is 1. The summed E-state index contributed by atoms with van der Waals surface area (Å²) in [5.41, 5.74) is 5.70. The predicted molar refractivity (Wildman–Crippen MR) is 148 cm³/mol. The van der Waals surface area contributed by atoms with Gasteiger partial charge in [0.1, 0.15) is 16.8 Å². The minimum absolute atomic E-state index is 0.177. The van der Waals surface area contributed by atoms with Crippen molar-refractivity contribution < 1.29 is 9.53 Å². The molecule has 2 unspecified atom stereocenters. The largest absolute Gasteiger partial charge is 0.497 e. The van der Waals surface area contributed by atoms with Crippen molar-refractivity contribution in [3.05, 3.63) is 88.4 Å². The summed E-state index contributed by atoms with van der Waals surface area (Å²) < 4.78 is 5.29. The number of pyridine rings is 1. The van der Waals surface area contributed by atoms with E-state index < -0.39 is 5.25 Å². The number of benzene rings is 2. The van der Waals surface area contributed by atoms with E-state index >= 15 is 0 Å². The third-order valence-corrected chi connectivity index (χ3v) is 8.36. The van der Waals surface area contributed by atoms with E-state index in [1.54, 1.807) is 7.11 Å². The number of aromatic nitrogens is 2. The average molecular weight is 527 g/mol. The molecule has 186 valence electrons. The first-order valence-electron chi connectivity index (χ1n) is 12.1. The van der Waals surface area contributed by atoms with Crippen molar-refractivity contribution >= 4 is 34.1 Å². The fourth-order valence-electron chi connectivity index (χ4n) is 4.50. The van der Waals surface area contributed by atoms with Gasteiger partial charge in [0.25, 0.3) is 0 Å². The molecular formula is C29H26N4O2S2. The molecule has 0 saturated heterocycles. The van der Waals surface area contributed by atoms with Crippen molar-refractivity contribution in [1.82, 2.24) is 9.97 Å². The Morgan fingerprint density at radius 1 is 1.19 bits per heavy atom. The highest BCUT2D eigenvalue weighted by molar-refractivity contribution is 8.00. The Kier molecular flexibility index (Phi) is 7.54. The molecule has 0 spiro atoms. The number of hydrogen-bond donors (Lipinski definition) is 1. The lowest BCUT2D eigenvalue weighted by Gasteiger charge is -2.25. The molecule has 1 N–H and O–H groups in total. The first-order chi connectivity index (χ1) is 18.0. The Morgan fingerprint density at radius 3 is 2.81 bits per heavy atom. The van der Waals surface area contributed by atoms with Gasteiger partial charge in [-0.1, -0.05) is 54.2 Å². The van der Waals surface area contributed by atoms with Gasteiger partial charge < -0.3 is 10.1 Å². The van der Waals surface area contributed by atoms with Crippen LogP contribution >= 0.6 is 23.1 Å². The number of carbonyl (C=O) groups excluding carboxylic acids is 1. The smallest absolute Gasteiger partial charge is 0.239 e. The summed E-state index contributed by atoms with van der Waals surface area (Å²) in [6.45, 7) is 1.82. The van der Waals surface area contributed by atoms with E-state index in [1.165, 1.54) is 28.7 Å².